The molecule has 1 N–H and O–H groups in total. The molecule has 0 radical (unpaired) electrons. The van der Waals surface area contributed by atoms with E-state index in [9.17, 15) is 5.11 Å². The Morgan fingerprint density at radius 1 is 0.900 bits per heavy atom. The van der Waals surface area contributed by atoms with Gasteiger partial charge in [0.25, 0.3) is 0 Å². The van der Waals surface area contributed by atoms with Crippen molar-refractivity contribution in [3.63, 3.8) is 0 Å². The average molecular weight is 281 g/mol. The number of nitrogens with zero attached hydrogens (tertiary/aromatic N) is 1. The molecule has 2 aliphatic carbocycles. The Balaban J connectivity index is 2.15. The van der Waals surface area contributed by atoms with Crippen LogP contribution >= 0.6 is 0 Å². The standard InChI is InChI=1S/C18H35NO/c1-14-11-15(2)13-16(12-14)17(20)18(19(3)4)9-7-5-6-8-10-18/h14-17,20H,5-13H2,1-4H3. The fourth-order valence-electron chi connectivity index (χ4n) is 5.05. The summed E-state index contributed by atoms with van der Waals surface area (Å²) in [6.45, 7) is 4.73. The van der Waals surface area contributed by atoms with E-state index in [4.69, 9.17) is 0 Å². The maximum atomic E-state index is 11.2. The van der Waals surface area contributed by atoms with Crippen molar-refractivity contribution in [3.05, 3.63) is 0 Å². The molecule has 0 heterocycles. The normalized spacial score (nSPS) is 36.6. The van der Waals surface area contributed by atoms with Gasteiger partial charge >= 0.3 is 0 Å². The fourth-order valence-corrected chi connectivity index (χ4v) is 5.05. The lowest BCUT2D eigenvalue weighted by molar-refractivity contribution is -0.0683. The Kier molecular flexibility index (Phi) is 5.53. The summed E-state index contributed by atoms with van der Waals surface area (Å²) in [6, 6.07) is 0. The van der Waals surface area contributed by atoms with Crippen LogP contribution in [0.25, 0.3) is 0 Å². The third-order valence-corrected chi connectivity index (χ3v) is 6.07. The minimum atomic E-state index is -0.138. The van der Waals surface area contributed by atoms with Gasteiger partial charge < -0.3 is 10.0 Å². The van der Waals surface area contributed by atoms with E-state index < -0.39 is 0 Å². The molecule has 3 atom stereocenters. The molecule has 0 aromatic heterocycles. The van der Waals surface area contributed by atoms with Crippen molar-refractivity contribution in [1.29, 1.82) is 0 Å². The molecule has 2 aliphatic rings. The highest BCUT2D eigenvalue weighted by atomic mass is 16.3. The van der Waals surface area contributed by atoms with Gasteiger partial charge in [0, 0.05) is 5.54 Å². The van der Waals surface area contributed by atoms with E-state index >= 15 is 0 Å². The molecule has 2 rings (SSSR count). The van der Waals surface area contributed by atoms with Gasteiger partial charge in [0.15, 0.2) is 0 Å². The van der Waals surface area contributed by atoms with Gasteiger partial charge in [-0.25, -0.2) is 0 Å². The van der Waals surface area contributed by atoms with E-state index in [2.05, 4.69) is 32.8 Å². The first kappa shape index (κ1) is 16.3. The van der Waals surface area contributed by atoms with E-state index in [-0.39, 0.29) is 11.6 Å². The van der Waals surface area contributed by atoms with Gasteiger partial charge in [-0.1, -0.05) is 39.5 Å². The zero-order chi connectivity index (χ0) is 14.8. The Bertz CT molecular complexity index is 284. The first-order chi connectivity index (χ1) is 9.45. The van der Waals surface area contributed by atoms with Crippen molar-refractivity contribution < 1.29 is 5.11 Å². The van der Waals surface area contributed by atoms with Crippen molar-refractivity contribution in [3.8, 4) is 0 Å². The molecule has 0 aromatic carbocycles. The van der Waals surface area contributed by atoms with Crippen LogP contribution in [0.5, 0.6) is 0 Å². The zero-order valence-electron chi connectivity index (χ0n) is 14.1. The summed E-state index contributed by atoms with van der Waals surface area (Å²) in [5, 5.41) is 11.2. The second-order valence-electron chi connectivity index (χ2n) is 8.03. The lowest BCUT2D eigenvalue weighted by atomic mass is 9.68. The highest BCUT2D eigenvalue weighted by molar-refractivity contribution is 4.99. The Morgan fingerprint density at radius 2 is 1.40 bits per heavy atom. The molecular weight excluding hydrogens is 246 g/mol. The van der Waals surface area contributed by atoms with Gasteiger partial charge in [0.05, 0.1) is 6.10 Å². The quantitative estimate of drug-likeness (QED) is 0.788. The van der Waals surface area contributed by atoms with Gasteiger partial charge in [-0.05, 0) is 64.0 Å². The number of hydrogen-bond acceptors (Lipinski definition) is 2. The SMILES string of the molecule is CC1CC(C)CC(C(O)C2(N(C)C)CCCCCC2)C1. The Labute approximate surface area is 125 Å². The van der Waals surface area contributed by atoms with Crippen LogP contribution < -0.4 is 0 Å². The summed E-state index contributed by atoms with van der Waals surface area (Å²) in [4.78, 5) is 2.35. The first-order valence-corrected chi connectivity index (χ1v) is 8.81. The van der Waals surface area contributed by atoms with Crippen molar-refractivity contribution in [1.82, 2.24) is 4.90 Å². The van der Waals surface area contributed by atoms with E-state index in [0.29, 0.717) is 5.92 Å². The van der Waals surface area contributed by atoms with Gasteiger partial charge in [0.1, 0.15) is 0 Å². The van der Waals surface area contributed by atoms with Crippen LogP contribution in [0.1, 0.15) is 71.6 Å². The molecule has 0 saturated heterocycles. The van der Waals surface area contributed by atoms with Gasteiger partial charge in [0.2, 0.25) is 0 Å². The van der Waals surface area contributed by atoms with E-state index in [1.165, 1.54) is 57.8 Å². The van der Waals surface area contributed by atoms with Crippen LogP contribution in [-0.2, 0) is 0 Å². The largest absolute Gasteiger partial charge is 0.391 e. The predicted octanol–water partition coefficient (Wildman–Crippen LogP) is 4.07. The minimum absolute atomic E-state index is 0.0396. The zero-order valence-corrected chi connectivity index (χ0v) is 14.1. The fraction of sp³-hybridized carbons (Fsp3) is 1.00. The summed E-state index contributed by atoms with van der Waals surface area (Å²) in [5.41, 5.74) is 0.0396. The molecule has 0 amide bonds. The van der Waals surface area contributed by atoms with Crippen molar-refractivity contribution in [2.75, 3.05) is 14.1 Å². The average Bonchev–Trinajstić information content (AvgIpc) is 2.63. The Hall–Kier alpha value is -0.0800. The molecular formula is C18H35NO. The third kappa shape index (κ3) is 3.39. The molecule has 0 aliphatic heterocycles. The number of aliphatic hydroxyl groups excluding tert-OH is 1. The number of likely N-dealkylation sites (N-methyl/N-ethyl adjacent to an activating group) is 1. The summed E-state index contributed by atoms with van der Waals surface area (Å²) in [7, 11) is 4.37. The highest BCUT2D eigenvalue weighted by Crippen LogP contribution is 2.43. The van der Waals surface area contributed by atoms with E-state index in [0.717, 1.165) is 11.8 Å². The molecule has 2 saturated carbocycles. The summed E-state index contributed by atoms with van der Waals surface area (Å²) < 4.78 is 0. The van der Waals surface area contributed by atoms with Gasteiger partial charge in [-0.2, -0.15) is 0 Å². The summed E-state index contributed by atoms with van der Waals surface area (Å²) >= 11 is 0. The van der Waals surface area contributed by atoms with Gasteiger partial charge in [-0.15, -0.1) is 0 Å². The van der Waals surface area contributed by atoms with Crippen molar-refractivity contribution in [2.45, 2.75) is 83.3 Å². The highest BCUT2D eigenvalue weighted by Gasteiger charge is 2.45. The number of aliphatic hydroxyl groups is 1. The topological polar surface area (TPSA) is 23.5 Å². The molecule has 2 fully saturated rings. The second kappa shape index (κ2) is 6.79. The van der Waals surface area contributed by atoms with Crippen molar-refractivity contribution >= 4 is 0 Å². The van der Waals surface area contributed by atoms with Crippen LogP contribution in [0.15, 0.2) is 0 Å². The molecule has 20 heavy (non-hydrogen) atoms. The molecule has 2 nitrogen and oxygen atoms in total. The predicted molar refractivity (Wildman–Crippen MR) is 85.8 cm³/mol. The number of hydrogen-bond donors (Lipinski definition) is 1. The summed E-state index contributed by atoms with van der Waals surface area (Å²) in [5.74, 6) is 2.07. The second-order valence-corrected chi connectivity index (χ2v) is 8.03. The van der Waals surface area contributed by atoms with Crippen LogP contribution in [0, 0.1) is 17.8 Å². The first-order valence-electron chi connectivity index (χ1n) is 8.81. The molecule has 2 heteroatoms. The van der Waals surface area contributed by atoms with Crippen LogP contribution in [0.2, 0.25) is 0 Å². The van der Waals surface area contributed by atoms with Gasteiger partial charge in [-0.3, -0.25) is 0 Å². The lowest BCUT2D eigenvalue weighted by Gasteiger charge is -2.48. The number of rotatable bonds is 3. The third-order valence-electron chi connectivity index (χ3n) is 6.07. The van der Waals surface area contributed by atoms with Crippen molar-refractivity contribution in [2.24, 2.45) is 17.8 Å². The van der Waals surface area contributed by atoms with Crippen LogP contribution in [0.3, 0.4) is 0 Å². The molecule has 0 bridgehead atoms. The maximum absolute atomic E-state index is 11.2. The smallest absolute Gasteiger partial charge is 0.0751 e. The monoisotopic (exact) mass is 281 g/mol. The van der Waals surface area contributed by atoms with E-state index in [1.54, 1.807) is 0 Å². The molecule has 0 aromatic rings. The summed E-state index contributed by atoms with van der Waals surface area (Å²) in [6.07, 6.45) is 11.3. The molecule has 3 unspecified atom stereocenters. The Morgan fingerprint density at radius 3 is 1.85 bits per heavy atom. The van der Waals surface area contributed by atoms with Crippen LogP contribution in [0.4, 0.5) is 0 Å². The minimum Gasteiger partial charge on any atom is -0.391 e. The lowest BCUT2D eigenvalue weighted by Crippen LogP contribution is -2.56. The maximum Gasteiger partial charge on any atom is 0.0751 e. The molecule has 0 spiro atoms. The molecule has 118 valence electrons. The van der Waals surface area contributed by atoms with E-state index in [1.807, 2.05) is 0 Å². The van der Waals surface area contributed by atoms with Crippen LogP contribution in [-0.4, -0.2) is 35.7 Å².